The molecule has 2 heterocycles. The van der Waals surface area contributed by atoms with E-state index in [1.807, 2.05) is 12.1 Å². The Labute approximate surface area is 177 Å². The summed E-state index contributed by atoms with van der Waals surface area (Å²) in [6, 6.07) is 8.46. The molecule has 0 saturated carbocycles. The molecule has 30 heavy (non-hydrogen) atoms. The zero-order valence-electron chi connectivity index (χ0n) is 16.2. The van der Waals surface area contributed by atoms with E-state index in [1.165, 1.54) is 19.2 Å². The van der Waals surface area contributed by atoms with Crippen LogP contribution in [0, 0.1) is 0 Å². The molecule has 156 valence electrons. The first-order valence-corrected chi connectivity index (χ1v) is 9.36. The van der Waals surface area contributed by atoms with Gasteiger partial charge in [-0.25, -0.2) is 0 Å². The Hall–Kier alpha value is -3.59. The number of carbonyl (C=O) groups excluding carboxylic acids is 2. The molecule has 2 amide bonds. The molecule has 9 nitrogen and oxygen atoms in total. The Morgan fingerprint density at radius 3 is 2.70 bits per heavy atom. The van der Waals surface area contributed by atoms with Gasteiger partial charge in [0.05, 0.1) is 12.1 Å². The van der Waals surface area contributed by atoms with E-state index in [9.17, 15) is 9.59 Å². The molecule has 0 aliphatic rings. The van der Waals surface area contributed by atoms with Crippen LogP contribution in [0.1, 0.15) is 15.9 Å². The molecular weight excluding hydrogens is 410 g/mol. The molecule has 0 fully saturated rings. The van der Waals surface area contributed by atoms with Gasteiger partial charge in [0.1, 0.15) is 0 Å². The van der Waals surface area contributed by atoms with Gasteiger partial charge in [-0.3, -0.25) is 19.3 Å². The Morgan fingerprint density at radius 2 is 2.00 bits per heavy atom. The van der Waals surface area contributed by atoms with Crippen molar-refractivity contribution in [3.8, 4) is 11.5 Å². The number of halogens is 1. The molecule has 0 spiro atoms. The summed E-state index contributed by atoms with van der Waals surface area (Å²) in [5, 5.41) is 7.18. The molecule has 0 bridgehead atoms. The molecule has 0 unspecified atom stereocenters. The van der Waals surface area contributed by atoms with Crippen molar-refractivity contribution in [2.24, 2.45) is 5.73 Å². The average Bonchev–Trinajstić information content (AvgIpc) is 3.18. The van der Waals surface area contributed by atoms with Crippen molar-refractivity contribution >= 4 is 29.2 Å². The quantitative estimate of drug-likeness (QED) is 0.538. The minimum absolute atomic E-state index is 0.114. The lowest BCUT2D eigenvalue weighted by atomic mass is 10.2. The number of pyridine rings is 1. The summed E-state index contributed by atoms with van der Waals surface area (Å²) < 4.78 is 12.2. The summed E-state index contributed by atoms with van der Waals surface area (Å²) in [6.45, 7) is 0.296. The van der Waals surface area contributed by atoms with Gasteiger partial charge in [-0.15, -0.1) is 0 Å². The van der Waals surface area contributed by atoms with Crippen molar-refractivity contribution < 1.29 is 19.1 Å². The number of primary amides is 1. The second-order valence-electron chi connectivity index (χ2n) is 6.27. The normalized spacial score (nSPS) is 10.5. The predicted molar refractivity (Wildman–Crippen MR) is 111 cm³/mol. The Balaban J connectivity index is 1.66. The third-order valence-electron chi connectivity index (χ3n) is 4.11. The largest absolute Gasteiger partial charge is 0.493 e. The van der Waals surface area contributed by atoms with Crippen molar-refractivity contribution in [3.63, 3.8) is 0 Å². The molecule has 3 aromatic rings. The fraction of sp³-hybridized carbons (Fsp3) is 0.200. The highest BCUT2D eigenvalue weighted by Gasteiger charge is 2.17. The molecule has 0 saturated heterocycles. The highest BCUT2D eigenvalue weighted by atomic mass is 35.5. The Morgan fingerprint density at radius 1 is 1.23 bits per heavy atom. The summed E-state index contributed by atoms with van der Waals surface area (Å²) >= 11 is 6.19. The Kier molecular flexibility index (Phi) is 6.87. The first kappa shape index (κ1) is 21.1. The lowest BCUT2D eigenvalue weighted by Gasteiger charge is -2.13. The number of rotatable bonds is 9. The minimum atomic E-state index is -0.658. The highest BCUT2D eigenvalue weighted by molar-refractivity contribution is 6.32. The molecule has 0 aliphatic heterocycles. The number of nitrogens with one attached hydrogen (secondary N) is 1. The van der Waals surface area contributed by atoms with E-state index in [1.54, 1.807) is 29.3 Å². The van der Waals surface area contributed by atoms with Gasteiger partial charge in [-0.1, -0.05) is 11.6 Å². The van der Waals surface area contributed by atoms with E-state index in [2.05, 4.69) is 15.4 Å². The van der Waals surface area contributed by atoms with Crippen LogP contribution in [-0.2, 0) is 17.8 Å². The van der Waals surface area contributed by atoms with E-state index >= 15 is 0 Å². The second-order valence-corrected chi connectivity index (χ2v) is 6.68. The van der Waals surface area contributed by atoms with Crippen molar-refractivity contribution in [1.82, 2.24) is 14.8 Å². The molecule has 10 heteroatoms. The number of hydrogen-bond acceptors (Lipinski definition) is 6. The Bertz CT molecular complexity index is 1040. The molecule has 1 aromatic carbocycles. The minimum Gasteiger partial charge on any atom is -0.493 e. The van der Waals surface area contributed by atoms with Crippen LogP contribution in [-0.4, -0.2) is 40.3 Å². The summed E-state index contributed by atoms with van der Waals surface area (Å²) in [6.07, 6.45) is 6.06. The zero-order valence-corrected chi connectivity index (χ0v) is 16.9. The maximum Gasteiger partial charge on any atom is 0.257 e. The molecule has 2 aromatic heterocycles. The van der Waals surface area contributed by atoms with Crippen molar-refractivity contribution in [2.75, 3.05) is 19.0 Å². The number of carbonyl (C=O) groups is 2. The number of aromatic nitrogens is 3. The number of hydrogen-bond donors (Lipinski definition) is 2. The van der Waals surface area contributed by atoms with Gasteiger partial charge in [0, 0.05) is 36.8 Å². The lowest BCUT2D eigenvalue weighted by Crippen LogP contribution is -2.20. The number of ether oxygens (including phenoxy) is 2. The molecule has 3 N–H and O–H groups in total. The molecule has 3 rings (SSSR count). The van der Waals surface area contributed by atoms with Crippen LogP contribution in [0.2, 0.25) is 5.02 Å². The number of nitrogens with two attached hydrogens (primary N) is 1. The molecule has 0 radical (unpaired) electrons. The first-order valence-electron chi connectivity index (χ1n) is 8.98. The van der Waals surface area contributed by atoms with Crippen LogP contribution < -0.4 is 20.5 Å². The van der Waals surface area contributed by atoms with Crippen LogP contribution >= 0.6 is 11.6 Å². The highest BCUT2D eigenvalue weighted by Crippen LogP contribution is 2.36. The summed E-state index contributed by atoms with van der Waals surface area (Å²) in [4.78, 5) is 27.5. The van der Waals surface area contributed by atoms with E-state index in [-0.39, 0.29) is 28.7 Å². The van der Waals surface area contributed by atoms with Crippen LogP contribution in [0.3, 0.4) is 0 Å². The van der Waals surface area contributed by atoms with Crippen molar-refractivity contribution in [2.45, 2.75) is 13.0 Å². The van der Waals surface area contributed by atoms with E-state index in [4.69, 9.17) is 26.8 Å². The maximum atomic E-state index is 12.6. The molecule has 0 aliphatic carbocycles. The molecule has 0 atom stereocenters. The van der Waals surface area contributed by atoms with Crippen LogP contribution in [0.4, 0.5) is 5.82 Å². The number of anilines is 1. The van der Waals surface area contributed by atoms with Crippen LogP contribution in [0.15, 0.2) is 48.9 Å². The fourth-order valence-corrected chi connectivity index (χ4v) is 2.93. The van der Waals surface area contributed by atoms with Gasteiger partial charge in [-0.05, 0) is 36.2 Å². The number of aryl methyl sites for hydroxylation is 2. The van der Waals surface area contributed by atoms with E-state index in [0.717, 1.165) is 12.0 Å². The monoisotopic (exact) mass is 429 g/mol. The van der Waals surface area contributed by atoms with Gasteiger partial charge >= 0.3 is 0 Å². The predicted octanol–water partition coefficient (Wildman–Crippen LogP) is 2.30. The summed E-state index contributed by atoms with van der Waals surface area (Å²) in [5.41, 5.74) is 6.47. The van der Waals surface area contributed by atoms with E-state index in [0.29, 0.717) is 12.4 Å². The van der Waals surface area contributed by atoms with Crippen LogP contribution in [0.5, 0.6) is 11.5 Å². The third-order valence-corrected chi connectivity index (χ3v) is 4.39. The van der Waals surface area contributed by atoms with Gasteiger partial charge < -0.3 is 20.5 Å². The summed E-state index contributed by atoms with van der Waals surface area (Å²) in [5.74, 6) is -0.337. The fourth-order valence-electron chi connectivity index (χ4n) is 2.67. The lowest BCUT2D eigenvalue weighted by molar-refractivity contribution is -0.119. The summed E-state index contributed by atoms with van der Waals surface area (Å²) in [7, 11) is 1.40. The number of benzene rings is 1. The number of methoxy groups -OCH3 is 1. The zero-order chi connectivity index (χ0) is 21.5. The van der Waals surface area contributed by atoms with Crippen LogP contribution in [0.25, 0.3) is 0 Å². The van der Waals surface area contributed by atoms with Gasteiger partial charge in [-0.2, -0.15) is 5.10 Å². The van der Waals surface area contributed by atoms with Gasteiger partial charge in [0.25, 0.3) is 11.8 Å². The SMILES string of the molecule is COc1cc(C(=O)Nc2ccn(CCc3ccncc3)n2)cc(Cl)c1OCC(N)=O. The average molecular weight is 430 g/mol. The smallest absolute Gasteiger partial charge is 0.257 e. The van der Waals surface area contributed by atoms with E-state index < -0.39 is 11.8 Å². The number of nitrogens with zero attached hydrogens (tertiary/aromatic N) is 3. The van der Waals surface area contributed by atoms with Gasteiger partial charge in [0.15, 0.2) is 23.9 Å². The van der Waals surface area contributed by atoms with Crippen molar-refractivity contribution in [1.29, 1.82) is 0 Å². The van der Waals surface area contributed by atoms with Gasteiger partial charge in [0.2, 0.25) is 0 Å². The topological polar surface area (TPSA) is 121 Å². The van der Waals surface area contributed by atoms with Crippen molar-refractivity contribution in [3.05, 3.63) is 65.1 Å². The number of amides is 2. The second kappa shape index (κ2) is 9.75. The first-order chi connectivity index (χ1) is 14.5. The third kappa shape index (κ3) is 5.48. The standard InChI is InChI=1S/C20H20ClN5O4/c1-29-16-11-14(10-15(21)19(16)30-12-17(22)27)20(28)24-18-5-9-26(25-18)8-4-13-2-6-23-7-3-13/h2-3,5-7,9-11H,4,8,12H2,1H3,(H2,22,27)(H,24,25,28). The molecular formula is C20H20ClN5O4. The maximum absolute atomic E-state index is 12.6.